The van der Waals surface area contributed by atoms with E-state index in [0.717, 1.165) is 18.4 Å². The van der Waals surface area contributed by atoms with Crippen LogP contribution >= 0.6 is 0 Å². The summed E-state index contributed by atoms with van der Waals surface area (Å²) in [6.07, 6.45) is 1.97. The van der Waals surface area contributed by atoms with E-state index in [0.29, 0.717) is 16.9 Å². The monoisotopic (exact) mass is 463 g/mol. The molecular weight excluding hydrogens is 438 g/mol. The molecule has 0 bridgehead atoms. The molecule has 2 amide bonds. The van der Waals surface area contributed by atoms with Gasteiger partial charge in [0.2, 0.25) is 0 Å². The van der Waals surface area contributed by atoms with E-state index in [4.69, 9.17) is 0 Å². The van der Waals surface area contributed by atoms with E-state index in [9.17, 15) is 18.0 Å². The Labute approximate surface area is 193 Å². The molecule has 1 aliphatic carbocycles. The summed E-state index contributed by atoms with van der Waals surface area (Å²) in [4.78, 5) is 25.3. The van der Waals surface area contributed by atoms with Gasteiger partial charge in [-0.1, -0.05) is 30.3 Å². The fourth-order valence-electron chi connectivity index (χ4n) is 3.32. The van der Waals surface area contributed by atoms with Crippen LogP contribution in [0.25, 0.3) is 0 Å². The van der Waals surface area contributed by atoms with Gasteiger partial charge in [-0.3, -0.25) is 13.9 Å². The average molecular weight is 464 g/mol. The van der Waals surface area contributed by atoms with Crippen LogP contribution in [0.2, 0.25) is 0 Å². The van der Waals surface area contributed by atoms with Crippen LogP contribution in [0.1, 0.15) is 39.1 Å². The zero-order valence-corrected chi connectivity index (χ0v) is 19.2. The molecule has 3 aromatic rings. The van der Waals surface area contributed by atoms with Crippen molar-refractivity contribution in [3.8, 4) is 0 Å². The highest BCUT2D eigenvalue weighted by Crippen LogP contribution is 2.24. The molecule has 0 aromatic heterocycles. The number of sulfonamides is 1. The van der Waals surface area contributed by atoms with E-state index in [1.165, 1.54) is 29.6 Å². The SMILES string of the molecule is Cc1ccc(C(=O)NC2CC2)cc1NC(=O)c1cccc(S(=O)(=O)N(C)c2ccccc2)c1. The molecule has 1 aliphatic rings. The second-order valence-corrected chi connectivity index (χ2v) is 10.0. The van der Waals surface area contributed by atoms with E-state index in [2.05, 4.69) is 10.6 Å². The molecule has 0 spiro atoms. The van der Waals surface area contributed by atoms with E-state index < -0.39 is 15.9 Å². The molecule has 7 nitrogen and oxygen atoms in total. The van der Waals surface area contributed by atoms with Crippen LogP contribution in [0, 0.1) is 6.92 Å². The lowest BCUT2D eigenvalue weighted by Crippen LogP contribution is -2.27. The van der Waals surface area contributed by atoms with Crippen molar-refractivity contribution in [1.82, 2.24) is 5.32 Å². The zero-order chi connectivity index (χ0) is 23.6. The van der Waals surface area contributed by atoms with E-state index in [1.54, 1.807) is 48.5 Å². The number of nitrogens with zero attached hydrogens (tertiary/aromatic N) is 1. The second kappa shape index (κ2) is 9.07. The second-order valence-electron chi connectivity index (χ2n) is 8.07. The molecule has 170 valence electrons. The van der Waals surface area contributed by atoms with Crippen molar-refractivity contribution in [2.75, 3.05) is 16.7 Å². The van der Waals surface area contributed by atoms with Gasteiger partial charge in [0.25, 0.3) is 21.8 Å². The van der Waals surface area contributed by atoms with E-state index >= 15 is 0 Å². The third-order valence-electron chi connectivity index (χ3n) is 5.53. The van der Waals surface area contributed by atoms with Crippen molar-refractivity contribution < 1.29 is 18.0 Å². The molecule has 8 heteroatoms. The summed E-state index contributed by atoms with van der Waals surface area (Å²) >= 11 is 0. The Bertz CT molecular complexity index is 1300. The standard InChI is InChI=1S/C25H25N3O4S/c1-17-11-12-19(24(29)26-20-13-14-20)16-23(17)27-25(30)18-7-6-10-22(15-18)33(31,32)28(2)21-8-4-3-5-9-21/h3-12,15-16,20H,13-14H2,1-2H3,(H,26,29)(H,27,30). The van der Waals surface area contributed by atoms with Crippen molar-refractivity contribution >= 4 is 33.2 Å². The van der Waals surface area contributed by atoms with Crippen LogP contribution < -0.4 is 14.9 Å². The Morgan fingerprint density at radius 1 is 0.879 bits per heavy atom. The van der Waals surface area contributed by atoms with Crippen molar-refractivity contribution in [2.45, 2.75) is 30.7 Å². The summed E-state index contributed by atoms with van der Waals surface area (Å²) < 4.78 is 27.3. The molecule has 0 saturated heterocycles. The summed E-state index contributed by atoms with van der Waals surface area (Å²) in [6, 6.07) is 20.0. The number of benzene rings is 3. The number of hydrogen-bond donors (Lipinski definition) is 2. The van der Waals surface area contributed by atoms with E-state index in [-0.39, 0.29) is 22.4 Å². The van der Waals surface area contributed by atoms with Crippen molar-refractivity contribution in [2.24, 2.45) is 0 Å². The van der Waals surface area contributed by atoms with Crippen molar-refractivity contribution in [1.29, 1.82) is 0 Å². The number of anilines is 2. The number of nitrogens with one attached hydrogen (secondary N) is 2. The number of rotatable bonds is 7. The number of amides is 2. The first-order valence-corrected chi connectivity index (χ1v) is 12.1. The lowest BCUT2D eigenvalue weighted by molar-refractivity contribution is 0.0949. The molecule has 3 aromatic carbocycles. The number of hydrogen-bond acceptors (Lipinski definition) is 4. The summed E-state index contributed by atoms with van der Waals surface area (Å²) in [5.74, 6) is -0.637. The summed E-state index contributed by atoms with van der Waals surface area (Å²) in [6.45, 7) is 1.83. The highest BCUT2D eigenvalue weighted by molar-refractivity contribution is 7.92. The molecule has 1 fully saturated rings. The molecule has 0 atom stereocenters. The molecule has 33 heavy (non-hydrogen) atoms. The Balaban J connectivity index is 1.55. The smallest absolute Gasteiger partial charge is 0.264 e. The van der Waals surface area contributed by atoms with Gasteiger partial charge < -0.3 is 10.6 Å². The average Bonchev–Trinajstić information content (AvgIpc) is 3.64. The van der Waals surface area contributed by atoms with Crippen LogP contribution in [-0.2, 0) is 10.0 Å². The number of aryl methyl sites for hydroxylation is 1. The van der Waals surface area contributed by atoms with Gasteiger partial charge in [0.05, 0.1) is 10.6 Å². The predicted molar refractivity (Wildman–Crippen MR) is 128 cm³/mol. The molecule has 1 saturated carbocycles. The van der Waals surface area contributed by atoms with Crippen LogP contribution in [-0.4, -0.2) is 33.3 Å². The van der Waals surface area contributed by atoms with Gasteiger partial charge in [0, 0.05) is 29.9 Å². The lowest BCUT2D eigenvalue weighted by atomic mass is 10.1. The first kappa shape index (κ1) is 22.5. The fraction of sp³-hybridized carbons (Fsp3) is 0.200. The molecule has 4 rings (SSSR count). The Hall–Kier alpha value is -3.65. The Morgan fingerprint density at radius 3 is 2.27 bits per heavy atom. The topological polar surface area (TPSA) is 95.6 Å². The fourth-order valence-corrected chi connectivity index (χ4v) is 4.56. The van der Waals surface area contributed by atoms with E-state index in [1.807, 2.05) is 13.0 Å². The van der Waals surface area contributed by atoms with Crippen molar-refractivity contribution in [3.05, 3.63) is 89.5 Å². The Kier molecular flexibility index (Phi) is 6.20. The predicted octanol–water partition coefficient (Wildman–Crippen LogP) is 3.96. The summed E-state index contributed by atoms with van der Waals surface area (Å²) in [7, 11) is -2.38. The first-order valence-electron chi connectivity index (χ1n) is 10.6. The lowest BCUT2D eigenvalue weighted by Gasteiger charge is -2.19. The molecule has 0 unspecified atom stereocenters. The summed E-state index contributed by atoms with van der Waals surface area (Å²) in [5, 5.41) is 5.73. The van der Waals surface area contributed by atoms with Crippen LogP contribution in [0.5, 0.6) is 0 Å². The highest BCUT2D eigenvalue weighted by Gasteiger charge is 2.25. The van der Waals surface area contributed by atoms with Gasteiger partial charge >= 0.3 is 0 Å². The van der Waals surface area contributed by atoms with Gasteiger partial charge in [0.15, 0.2) is 0 Å². The van der Waals surface area contributed by atoms with Gasteiger partial charge in [-0.05, 0) is 67.8 Å². The largest absolute Gasteiger partial charge is 0.349 e. The van der Waals surface area contributed by atoms with Crippen LogP contribution in [0.15, 0.2) is 77.7 Å². The minimum absolute atomic E-state index is 0.00999. The normalized spacial score (nSPS) is 13.3. The molecule has 0 heterocycles. The van der Waals surface area contributed by atoms with Gasteiger partial charge in [-0.2, -0.15) is 0 Å². The third-order valence-corrected chi connectivity index (χ3v) is 7.32. The number of carbonyl (C=O) groups is 2. The number of para-hydroxylation sites is 1. The maximum Gasteiger partial charge on any atom is 0.264 e. The molecule has 0 aliphatic heterocycles. The van der Waals surface area contributed by atoms with Gasteiger partial charge in [-0.15, -0.1) is 0 Å². The quantitative estimate of drug-likeness (QED) is 0.554. The summed E-state index contributed by atoms with van der Waals surface area (Å²) in [5.41, 5.74) is 2.47. The minimum atomic E-state index is -3.85. The highest BCUT2D eigenvalue weighted by atomic mass is 32.2. The molecule has 2 N–H and O–H groups in total. The van der Waals surface area contributed by atoms with Crippen LogP contribution in [0.3, 0.4) is 0 Å². The Morgan fingerprint density at radius 2 is 1.58 bits per heavy atom. The maximum atomic E-state index is 13.1. The van der Waals surface area contributed by atoms with Gasteiger partial charge in [-0.25, -0.2) is 8.42 Å². The van der Waals surface area contributed by atoms with Crippen molar-refractivity contribution in [3.63, 3.8) is 0 Å². The first-order chi connectivity index (χ1) is 15.8. The number of carbonyl (C=O) groups excluding carboxylic acids is 2. The van der Waals surface area contributed by atoms with Crippen LogP contribution in [0.4, 0.5) is 11.4 Å². The van der Waals surface area contributed by atoms with Gasteiger partial charge in [0.1, 0.15) is 0 Å². The maximum absolute atomic E-state index is 13.1. The third kappa shape index (κ3) is 5.06. The zero-order valence-electron chi connectivity index (χ0n) is 18.4. The molecule has 0 radical (unpaired) electrons. The minimum Gasteiger partial charge on any atom is -0.349 e. The molecular formula is C25H25N3O4S.